The van der Waals surface area contributed by atoms with Crippen molar-refractivity contribution in [2.24, 2.45) is 10.8 Å². The highest BCUT2D eigenvalue weighted by Crippen LogP contribution is 2.57. The van der Waals surface area contributed by atoms with E-state index in [0.717, 1.165) is 0 Å². The number of fused-ring (bicyclic) bond motifs is 6. The summed E-state index contributed by atoms with van der Waals surface area (Å²) >= 11 is 0. The van der Waals surface area contributed by atoms with Gasteiger partial charge in [-0.05, 0) is 77.9 Å². The van der Waals surface area contributed by atoms with Crippen LogP contribution in [0.15, 0.2) is 54.6 Å². The summed E-state index contributed by atoms with van der Waals surface area (Å²) in [4.78, 5) is 92.6. The number of carbonyl (C=O) groups excluding carboxylic acids is 7. The molecule has 3 aliphatic heterocycles. The second-order valence-electron chi connectivity index (χ2n) is 14.6. The van der Waals surface area contributed by atoms with E-state index in [-0.39, 0.29) is 59.9 Å². The Morgan fingerprint density at radius 2 is 1.27 bits per heavy atom. The summed E-state index contributed by atoms with van der Waals surface area (Å²) in [6, 6.07) is 13.8. The highest BCUT2D eigenvalue weighted by molar-refractivity contribution is 6.02. The fourth-order valence-corrected chi connectivity index (χ4v) is 5.66. The van der Waals surface area contributed by atoms with Crippen molar-refractivity contribution in [1.82, 2.24) is 10.4 Å². The number of nitrogens with zero attached hydrogens (tertiary/aromatic N) is 1. The highest BCUT2D eigenvalue weighted by atomic mass is 16.7. The molecular formula is C38H36N2O12. The number of nitrogens with one attached hydrogen (secondary N) is 1. The molecule has 1 N–H and O–H groups in total. The van der Waals surface area contributed by atoms with Crippen LogP contribution in [0.3, 0.4) is 0 Å². The van der Waals surface area contributed by atoms with Gasteiger partial charge in [0.1, 0.15) is 23.0 Å². The Morgan fingerprint density at radius 3 is 1.79 bits per heavy atom. The van der Waals surface area contributed by atoms with Crippen molar-refractivity contribution >= 4 is 41.6 Å². The van der Waals surface area contributed by atoms with E-state index in [1.165, 1.54) is 24.3 Å². The van der Waals surface area contributed by atoms with Crippen molar-refractivity contribution in [2.75, 3.05) is 6.54 Å². The fraction of sp³-hybridized carbons (Fsp3) is 0.342. The first-order valence-electron chi connectivity index (χ1n) is 16.5. The Labute approximate surface area is 298 Å². The lowest BCUT2D eigenvalue weighted by Crippen LogP contribution is -2.34. The van der Waals surface area contributed by atoms with Gasteiger partial charge >= 0.3 is 23.9 Å². The van der Waals surface area contributed by atoms with Crippen LogP contribution in [0.1, 0.15) is 98.2 Å². The first kappa shape index (κ1) is 35.8. The lowest BCUT2D eigenvalue weighted by molar-refractivity contribution is -0.197. The molecule has 6 rings (SSSR count). The predicted octanol–water partition coefficient (Wildman–Crippen LogP) is 4.88. The first-order valence-corrected chi connectivity index (χ1v) is 16.5. The molecular weight excluding hydrogens is 676 g/mol. The van der Waals surface area contributed by atoms with Crippen LogP contribution in [0.5, 0.6) is 23.0 Å². The van der Waals surface area contributed by atoms with Crippen molar-refractivity contribution in [3.8, 4) is 23.0 Å². The van der Waals surface area contributed by atoms with Crippen LogP contribution < -0.4 is 19.5 Å². The van der Waals surface area contributed by atoms with Gasteiger partial charge in [-0.3, -0.25) is 24.0 Å². The van der Waals surface area contributed by atoms with Crippen molar-refractivity contribution in [1.29, 1.82) is 0 Å². The van der Waals surface area contributed by atoms with Gasteiger partial charge in [0.2, 0.25) is 0 Å². The van der Waals surface area contributed by atoms with Crippen LogP contribution in [-0.2, 0) is 39.1 Å². The summed E-state index contributed by atoms with van der Waals surface area (Å²) in [6.07, 6.45) is -0.416. The number of hydrogen-bond acceptors (Lipinski definition) is 12. The molecule has 0 aromatic heterocycles. The largest absolute Gasteiger partial charge is 0.456 e. The summed E-state index contributed by atoms with van der Waals surface area (Å²) in [6.45, 7) is 10.1. The third-order valence-corrected chi connectivity index (χ3v) is 8.47. The molecule has 0 aliphatic carbocycles. The van der Waals surface area contributed by atoms with Gasteiger partial charge in [0.05, 0.1) is 22.8 Å². The van der Waals surface area contributed by atoms with Crippen LogP contribution in [0.2, 0.25) is 0 Å². The van der Waals surface area contributed by atoms with E-state index in [1.807, 2.05) is 0 Å². The number of ether oxygens (including phenoxy) is 4. The van der Waals surface area contributed by atoms with Crippen molar-refractivity contribution in [3.63, 3.8) is 0 Å². The maximum absolute atomic E-state index is 13.6. The molecule has 14 nitrogen and oxygen atoms in total. The minimum atomic E-state index is -1.57. The molecule has 3 aromatic rings. The van der Waals surface area contributed by atoms with Crippen LogP contribution in [0.4, 0.5) is 0 Å². The second kappa shape index (κ2) is 12.9. The average molecular weight is 713 g/mol. The van der Waals surface area contributed by atoms with E-state index in [4.69, 9.17) is 23.8 Å². The van der Waals surface area contributed by atoms with Gasteiger partial charge < -0.3 is 29.1 Å². The summed E-state index contributed by atoms with van der Waals surface area (Å²) in [7, 11) is 0. The SMILES string of the molecule is CC(C)(C)C(=O)Oc1ccc2c(c1)Oc1cc(OC(=O)C(C)(C)C)ccc1C21OC(=O)c2cc(C(=O)NCCC(=O)ON3C(=O)CCC3=O)ccc21. The molecule has 3 amide bonds. The molecule has 3 aromatic carbocycles. The number of benzene rings is 3. The van der Waals surface area contributed by atoms with Crippen LogP contribution >= 0.6 is 0 Å². The summed E-state index contributed by atoms with van der Waals surface area (Å²) < 4.78 is 23.7. The number of hydroxylamine groups is 2. The van der Waals surface area contributed by atoms with E-state index in [9.17, 15) is 33.6 Å². The van der Waals surface area contributed by atoms with E-state index < -0.39 is 58.0 Å². The average Bonchev–Trinajstić information content (AvgIpc) is 3.54. The van der Waals surface area contributed by atoms with E-state index in [0.29, 0.717) is 21.8 Å². The number of amides is 3. The fourth-order valence-electron chi connectivity index (χ4n) is 5.66. The van der Waals surface area contributed by atoms with Gasteiger partial charge in [-0.25, -0.2) is 9.59 Å². The third-order valence-electron chi connectivity index (χ3n) is 8.47. The first-order chi connectivity index (χ1) is 24.4. The van der Waals surface area contributed by atoms with Gasteiger partial charge in [0, 0.05) is 53.8 Å². The van der Waals surface area contributed by atoms with Crippen molar-refractivity contribution in [3.05, 3.63) is 82.4 Å². The number of imide groups is 1. The lowest BCUT2D eigenvalue weighted by atomic mass is 9.77. The Hall–Kier alpha value is -6.05. The third kappa shape index (κ3) is 6.59. The molecule has 1 saturated heterocycles. The molecule has 3 aliphatic rings. The van der Waals surface area contributed by atoms with Crippen molar-refractivity contribution in [2.45, 2.75) is 66.4 Å². The normalized spacial score (nSPS) is 15.6. The lowest BCUT2D eigenvalue weighted by Gasteiger charge is -2.36. The molecule has 0 radical (unpaired) electrons. The Morgan fingerprint density at radius 1 is 0.750 bits per heavy atom. The van der Waals surface area contributed by atoms with Gasteiger partial charge in [-0.2, -0.15) is 0 Å². The van der Waals surface area contributed by atoms with Crippen LogP contribution in [0.25, 0.3) is 0 Å². The molecule has 0 atom stereocenters. The van der Waals surface area contributed by atoms with Gasteiger partial charge in [0.25, 0.3) is 17.7 Å². The zero-order valence-corrected chi connectivity index (χ0v) is 29.4. The van der Waals surface area contributed by atoms with E-state index in [1.54, 1.807) is 71.9 Å². The number of esters is 3. The Kier molecular flexibility index (Phi) is 8.89. The minimum absolute atomic E-state index is 0.0447. The molecule has 0 unspecified atom stereocenters. The maximum Gasteiger partial charge on any atom is 0.340 e. The van der Waals surface area contributed by atoms with E-state index in [2.05, 4.69) is 5.32 Å². The van der Waals surface area contributed by atoms with Crippen molar-refractivity contribution < 1.29 is 57.3 Å². The topological polar surface area (TPSA) is 181 Å². The van der Waals surface area contributed by atoms with Gasteiger partial charge in [-0.1, -0.05) is 6.07 Å². The van der Waals surface area contributed by atoms with Crippen LogP contribution in [0, 0.1) is 10.8 Å². The molecule has 1 fully saturated rings. The number of hydrogen-bond donors (Lipinski definition) is 1. The standard InChI is InChI=1S/C38H36N2O12/c1-36(2,3)34(46)48-21-8-11-25-27(18-21)50-28-19-22(49-35(47)37(4,5)6)9-12-26(28)38(25)24-10-7-20(17-23(24)33(45)51-38)32(44)39-16-15-31(43)52-40-29(41)13-14-30(40)42/h7-12,17-19H,13-16H2,1-6H3,(H,39,44). The highest BCUT2D eigenvalue weighted by Gasteiger charge is 2.54. The molecule has 0 saturated carbocycles. The molecule has 14 heteroatoms. The molecule has 270 valence electrons. The maximum atomic E-state index is 13.6. The Balaban J connectivity index is 1.31. The molecule has 1 spiro atoms. The molecule has 52 heavy (non-hydrogen) atoms. The van der Waals surface area contributed by atoms with Gasteiger partial charge in [0.15, 0.2) is 5.60 Å². The predicted molar refractivity (Wildman–Crippen MR) is 179 cm³/mol. The summed E-state index contributed by atoms with van der Waals surface area (Å²) in [5, 5.41) is 2.99. The number of rotatable bonds is 7. The zero-order valence-electron chi connectivity index (χ0n) is 29.4. The zero-order chi connectivity index (χ0) is 37.7. The monoisotopic (exact) mass is 712 g/mol. The quantitative estimate of drug-likeness (QED) is 0.199. The van der Waals surface area contributed by atoms with Gasteiger partial charge in [-0.15, -0.1) is 5.06 Å². The summed E-state index contributed by atoms with van der Waals surface area (Å²) in [5.41, 5.74) is -1.77. The number of carbonyl (C=O) groups is 7. The van der Waals surface area contributed by atoms with Crippen LogP contribution in [-0.4, -0.2) is 53.2 Å². The summed E-state index contributed by atoms with van der Waals surface area (Å²) in [5.74, 6) is -3.64. The smallest absolute Gasteiger partial charge is 0.340 e. The second-order valence-corrected chi connectivity index (χ2v) is 14.6. The molecule has 3 heterocycles. The van der Waals surface area contributed by atoms with E-state index >= 15 is 0 Å². The molecule has 0 bridgehead atoms. The minimum Gasteiger partial charge on any atom is -0.456 e. The Bertz CT molecular complexity index is 1980.